The summed E-state index contributed by atoms with van der Waals surface area (Å²) in [6.07, 6.45) is 2.57. The monoisotopic (exact) mass is 312 g/mol. The first kappa shape index (κ1) is 13.8. The van der Waals surface area contributed by atoms with Crippen molar-refractivity contribution >= 4 is 15.9 Å². The predicted molar refractivity (Wildman–Crippen MR) is 78.2 cm³/mol. The molecule has 1 heterocycles. The zero-order valence-electron chi connectivity index (χ0n) is 10.9. The number of nitrogens with zero attached hydrogens (tertiary/aromatic N) is 1. The highest BCUT2D eigenvalue weighted by molar-refractivity contribution is 9.10. The number of halogens is 1. The number of likely N-dealkylation sites (N-methyl/N-ethyl adjacent to an activating group) is 1. The molecule has 4 heteroatoms. The lowest BCUT2D eigenvalue weighted by atomic mass is 10.1. The fourth-order valence-corrected chi connectivity index (χ4v) is 2.49. The maximum Gasteiger partial charge on any atom is 0.119 e. The maximum absolute atomic E-state index is 5.74. The van der Waals surface area contributed by atoms with Crippen LogP contribution in [-0.4, -0.2) is 44.2 Å². The molecular weight excluding hydrogens is 292 g/mol. The van der Waals surface area contributed by atoms with E-state index in [0.717, 1.165) is 29.9 Å². The third kappa shape index (κ3) is 4.26. The minimum Gasteiger partial charge on any atom is -0.492 e. The SMILES string of the molecule is CN(CCOc1ccc(Br)cc1)C1CCCNC1. The first-order valence-electron chi connectivity index (χ1n) is 6.55. The number of benzene rings is 1. The lowest BCUT2D eigenvalue weighted by molar-refractivity contribution is 0.168. The molecule has 1 N–H and O–H groups in total. The summed E-state index contributed by atoms with van der Waals surface area (Å²) in [5, 5.41) is 3.44. The van der Waals surface area contributed by atoms with E-state index in [2.05, 4.69) is 33.2 Å². The number of rotatable bonds is 5. The molecule has 0 spiro atoms. The third-order valence-corrected chi connectivity index (χ3v) is 3.95. The van der Waals surface area contributed by atoms with Crippen LogP contribution >= 0.6 is 15.9 Å². The molecule has 0 radical (unpaired) electrons. The molecular formula is C14H21BrN2O. The van der Waals surface area contributed by atoms with Crippen molar-refractivity contribution in [2.45, 2.75) is 18.9 Å². The third-order valence-electron chi connectivity index (χ3n) is 3.42. The lowest BCUT2D eigenvalue weighted by Crippen LogP contribution is -2.45. The number of nitrogens with one attached hydrogen (secondary N) is 1. The van der Waals surface area contributed by atoms with Crippen molar-refractivity contribution in [2.24, 2.45) is 0 Å². The average molecular weight is 313 g/mol. The highest BCUT2D eigenvalue weighted by atomic mass is 79.9. The zero-order valence-corrected chi connectivity index (χ0v) is 12.4. The van der Waals surface area contributed by atoms with Gasteiger partial charge in [-0.05, 0) is 50.7 Å². The molecule has 1 aromatic rings. The van der Waals surface area contributed by atoms with E-state index in [4.69, 9.17) is 4.74 Å². The molecule has 1 unspecified atom stereocenters. The van der Waals surface area contributed by atoms with Crippen molar-refractivity contribution in [3.8, 4) is 5.75 Å². The van der Waals surface area contributed by atoms with Gasteiger partial charge in [0.05, 0.1) is 0 Å². The molecule has 1 aliphatic heterocycles. The topological polar surface area (TPSA) is 24.5 Å². The van der Waals surface area contributed by atoms with Gasteiger partial charge in [-0.25, -0.2) is 0 Å². The summed E-state index contributed by atoms with van der Waals surface area (Å²) in [7, 11) is 2.18. The summed E-state index contributed by atoms with van der Waals surface area (Å²) in [5.74, 6) is 0.938. The minimum absolute atomic E-state index is 0.660. The van der Waals surface area contributed by atoms with Crippen molar-refractivity contribution in [2.75, 3.05) is 33.3 Å². The lowest BCUT2D eigenvalue weighted by Gasteiger charge is -2.31. The number of hydrogen-bond acceptors (Lipinski definition) is 3. The van der Waals surface area contributed by atoms with E-state index in [-0.39, 0.29) is 0 Å². The van der Waals surface area contributed by atoms with Gasteiger partial charge in [-0.1, -0.05) is 15.9 Å². The van der Waals surface area contributed by atoms with Crippen LogP contribution in [0.3, 0.4) is 0 Å². The molecule has 2 rings (SSSR count). The molecule has 0 aromatic heterocycles. The molecule has 18 heavy (non-hydrogen) atoms. The smallest absolute Gasteiger partial charge is 0.119 e. The van der Waals surface area contributed by atoms with E-state index in [1.807, 2.05) is 24.3 Å². The minimum atomic E-state index is 0.660. The Hall–Kier alpha value is -0.580. The van der Waals surface area contributed by atoms with Gasteiger partial charge < -0.3 is 10.1 Å². The van der Waals surface area contributed by atoms with Crippen molar-refractivity contribution < 1.29 is 4.74 Å². The molecule has 0 amide bonds. The maximum atomic E-state index is 5.74. The largest absolute Gasteiger partial charge is 0.492 e. The fourth-order valence-electron chi connectivity index (χ4n) is 2.23. The van der Waals surface area contributed by atoms with E-state index in [0.29, 0.717) is 6.04 Å². The van der Waals surface area contributed by atoms with Gasteiger partial charge in [0, 0.05) is 23.6 Å². The molecule has 1 atom stereocenters. The summed E-state index contributed by atoms with van der Waals surface area (Å²) in [6, 6.07) is 8.65. The fraction of sp³-hybridized carbons (Fsp3) is 0.571. The van der Waals surface area contributed by atoms with Gasteiger partial charge in [0.1, 0.15) is 12.4 Å². The van der Waals surface area contributed by atoms with Crippen LogP contribution in [0.2, 0.25) is 0 Å². The van der Waals surface area contributed by atoms with Crippen LogP contribution in [0.4, 0.5) is 0 Å². The van der Waals surface area contributed by atoms with E-state index in [1.165, 1.54) is 19.4 Å². The number of piperidine rings is 1. The van der Waals surface area contributed by atoms with E-state index >= 15 is 0 Å². The van der Waals surface area contributed by atoms with Gasteiger partial charge in [0.15, 0.2) is 0 Å². The Morgan fingerprint density at radius 1 is 1.39 bits per heavy atom. The Morgan fingerprint density at radius 2 is 2.17 bits per heavy atom. The van der Waals surface area contributed by atoms with Crippen LogP contribution < -0.4 is 10.1 Å². The average Bonchev–Trinajstić information content (AvgIpc) is 2.42. The van der Waals surface area contributed by atoms with Crippen LogP contribution in [0, 0.1) is 0 Å². The zero-order chi connectivity index (χ0) is 12.8. The highest BCUT2D eigenvalue weighted by Gasteiger charge is 2.17. The summed E-state index contributed by atoms with van der Waals surface area (Å²) in [5.41, 5.74) is 0. The van der Waals surface area contributed by atoms with Gasteiger partial charge in [0.25, 0.3) is 0 Å². The molecule has 0 bridgehead atoms. The van der Waals surface area contributed by atoms with Gasteiger partial charge >= 0.3 is 0 Å². The van der Waals surface area contributed by atoms with E-state index in [9.17, 15) is 0 Å². The van der Waals surface area contributed by atoms with Crippen LogP contribution in [0.1, 0.15) is 12.8 Å². The summed E-state index contributed by atoms with van der Waals surface area (Å²) >= 11 is 3.42. The van der Waals surface area contributed by atoms with Crippen molar-refractivity contribution in [3.05, 3.63) is 28.7 Å². The van der Waals surface area contributed by atoms with E-state index < -0.39 is 0 Å². The first-order chi connectivity index (χ1) is 8.75. The Kier molecular flexibility index (Phi) is 5.47. The van der Waals surface area contributed by atoms with Gasteiger partial charge in [-0.3, -0.25) is 4.90 Å². The summed E-state index contributed by atoms with van der Waals surface area (Å²) in [6.45, 7) is 3.99. The summed E-state index contributed by atoms with van der Waals surface area (Å²) < 4.78 is 6.82. The Labute approximate surface area is 118 Å². The van der Waals surface area contributed by atoms with Gasteiger partial charge in [-0.15, -0.1) is 0 Å². The van der Waals surface area contributed by atoms with Crippen LogP contribution in [0.25, 0.3) is 0 Å². The normalized spacial score (nSPS) is 20.1. The quantitative estimate of drug-likeness (QED) is 0.904. The number of hydrogen-bond donors (Lipinski definition) is 1. The second-order valence-electron chi connectivity index (χ2n) is 4.78. The predicted octanol–water partition coefficient (Wildman–Crippen LogP) is 2.51. The molecule has 1 aliphatic rings. The Morgan fingerprint density at radius 3 is 2.83 bits per heavy atom. The molecule has 0 aliphatic carbocycles. The highest BCUT2D eigenvalue weighted by Crippen LogP contribution is 2.16. The van der Waals surface area contributed by atoms with Crippen molar-refractivity contribution in [1.82, 2.24) is 10.2 Å². The van der Waals surface area contributed by atoms with Crippen LogP contribution in [0.15, 0.2) is 28.7 Å². The van der Waals surface area contributed by atoms with Crippen molar-refractivity contribution in [3.63, 3.8) is 0 Å². The molecule has 3 nitrogen and oxygen atoms in total. The molecule has 1 saturated heterocycles. The van der Waals surface area contributed by atoms with Crippen molar-refractivity contribution in [1.29, 1.82) is 0 Å². The van der Waals surface area contributed by atoms with E-state index in [1.54, 1.807) is 0 Å². The van der Waals surface area contributed by atoms with Crippen LogP contribution in [0.5, 0.6) is 5.75 Å². The van der Waals surface area contributed by atoms with Crippen LogP contribution in [-0.2, 0) is 0 Å². The molecule has 1 aromatic carbocycles. The second-order valence-corrected chi connectivity index (χ2v) is 5.70. The first-order valence-corrected chi connectivity index (χ1v) is 7.34. The standard InChI is InChI=1S/C14H21BrN2O/c1-17(13-3-2-8-16-11-13)9-10-18-14-6-4-12(15)5-7-14/h4-7,13,16H,2-3,8-11H2,1H3. The van der Waals surface area contributed by atoms with Gasteiger partial charge in [-0.2, -0.15) is 0 Å². The Balaban J connectivity index is 1.69. The molecule has 100 valence electrons. The molecule has 1 fully saturated rings. The molecule has 0 saturated carbocycles. The number of ether oxygens (including phenoxy) is 1. The second kappa shape index (κ2) is 7.12. The summed E-state index contributed by atoms with van der Waals surface area (Å²) in [4.78, 5) is 2.39. The Bertz CT molecular complexity index is 349. The van der Waals surface area contributed by atoms with Gasteiger partial charge in [0.2, 0.25) is 0 Å².